The molecule has 0 aromatic heterocycles. The van der Waals surface area contributed by atoms with E-state index < -0.39 is 0 Å². The summed E-state index contributed by atoms with van der Waals surface area (Å²) in [5, 5.41) is 2.12. The summed E-state index contributed by atoms with van der Waals surface area (Å²) in [5.41, 5.74) is 3.32. The second-order valence-electron chi connectivity index (χ2n) is 4.01. The molecule has 0 amide bonds. The SMILES string of the molecule is CCCNN(CCC)CC(C)C(=O)OCC. The third-order valence-electron chi connectivity index (χ3n) is 2.26. The Morgan fingerprint density at radius 1 is 1.31 bits per heavy atom. The van der Waals surface area contributed by atoms with Crippen molar-refractivity contribution in [3.8, 4) is 0 Å². The standard InChI is InChI=1S/C12H26N2O2/c1-5-8-13-14(9-6-2)10-11(4)12(15)16-7-3/h11,13H,5-10H2,1-4H3. The molecular weight excluding hydrogens is 204 g/mol. The molecule has 0 fully saturated rings. The highest BCUT2D eigenvalue weighted by Crippen LogP contribution is 2.02. The third-order valence-corrected chi connectivity index (χ3v) is 2.26. The lowest BCUT2D eigenvalue weighted by Crippen LogP contribution is -2.43. The van der Waals surface area contributed by atoms with Crippen molar-refractivity contribution >= 4 is 5.97 Å². The minimum absolute atomic E-state index is 0.0733. The van der Waals surface area contributed by atoms with Crippen molar-refractivity contribution in [3.05, 3.63) is 0 Å². The third kappa shape index (κ3) is 6.80. The number of nitrogens with one attached hydrogen (secondary N) is 1. The van der Waals surface area contributed by atoms with Gasteiger partial charge < -0.3 is 4.74 Å². The van der Waals surface area contributed by atoms with Gasteiger partial charge in [-0.25, -0.2) is 5.01 Å². The summed E-state index contributed by atoms with van der Waals surface area (Å²) in [7, 11) is 0. The predicted molar refractivity (Wildman–Crippen MR) is 66.0 cm³/mol. The molecule has 1 N–H and O–H groups in total. The van der Waals surface area contributed by atoms with Gasteiger partial charge >= 0.3 is 5.97 Å². The lowest BCUT2D eigenvalue weighted by atomic mass is 10.2. The van der Waals surface area contributed by atoms with Crippen molar-refractivity contribution < 1.29 is 9.53 Å². The highest BCUT2D eigenvalue weighted by atomic mass is 16.5. The summed E-state index contributed by atoms with van der Waals surface area (Å²) in [6, 6.07) is 0. The molecule has 0 aliphatic heterocycles. The van der Waals surface area contributed by atoms with Gasteiger partial charge in [-0.1, -0.05) is 20.8 Å². The fourth-order valence-corrected chi connectivity index (χ4v) is 1.46. The molecule has 0 aliphatic carbocycles. The minimum Gasteiger partial charge on any atom is -0.466 e. The maximum atomic E-state index is 11.5. The molecule has 0 saturated carbocycles. The van der Waals surface area contributed by atoms with Crippen LogP contribution < -0.4 is 5.43 Å². The molecule has 0 aromatic carbocycles. The number of esters is 1. The highest BCUT2D eigenvalue weighted by Gasteiger charge is 2.17. The van der Waals surface area contributed by atoms with Crippen molar-refractivity contribution in [3.63, 3.8) is 0 Å². The van der Waals surface area contributed by atoms with Gasteiger partial charge in [0.15, 0.2) is 0 Å². The first kappa shape index (κ1) is 15.4. The molecule has 0 saturated heterocycles. The molecule has 0 rings (SSSR count). The average molecular weight is 230 g/mol. The van der Waals surface area contributed by atoms with Gasteiger partial charge in [-0.05, 0) is 19.8 Å². The summed E-state index contributed by atoms with van der Waals surface area (Å²) >= 11 is 0. The highest BCUT2D eigenvalue weighted by molar-refractivity contribution is 5.72. The van der Waals surface area contributed by atoms with E-state index in [1.165, 1.54) is 0 Å². The molecule has 0 aliphatic rings. The number of carbonyl (C=O) groups excluding carboxylic acids is 1. The minimum atomic E-state index is -0.109. The van der Waals surface area contributed by atoms with E-state index in [0.29, 0.717) is 13.2 Å². The first-order valence-electron chi connectivity index (χ1n) is 6.30. The molecule has 0 aromatic rings. The van der Waals surface area contributed by atoms with Gasteiger partial charge in [0.25, 0.3) is 0 Å². The molecule has 1 unspecified atom stereocenters. The average Bonchev–Trinajstić information content (AvgIpc) is 2.26. The molecule has 4 heteroatoms. The Morgan fingerprint density at radius 3 is 2.50 bits per heavy atom. The van der Waals surface area contributed by atoms with E-state index in [9.17, 15) is 4.79 Å². The zero-order chi connectivity index (χ0) is 12.4. The largest absolute Gasteiger partial charge is 0.466 e. The molecule has 96 valence electrons. The van der Waals surface area contributed by atoms with Gasteiger partial charge in [0, 0.05) is 19.6 Å². The first-order valence-corrected chi connectivity index (χ1v) is 6.30. The number of rotatable bonds is 9. The Morgan fingerprint density at radius 2 is 2.00 bits per heavy atom. The van der Waals surface area contributed by atoms with Crippen LogP contribution in [0.5, 0.6) is 0 Å². The Balaban J connectivity index is 4.00. The Kier molecular flexibility index (Phi) is 9.24. The van der Waals surface area contributed by atoms with Gasteiger partial charge in [-0.2, -0.15) is 0 Å². The van der Waals surface area contributed by atoms with Crippen molar-refractivity contribution in [2.75, 3.05) is 26.2 Å². The fourth-order valence-electron chi connectivity index (χ4n) is 1.46. The second-order valence-corrected chi connectivity index (χ2v) is 4.01. The topological polar surface area (TPSA) is 41.6 Å². The van der Waals surface area contributed by atoms with E-state index in [1.54, 1.807) is 0 Å². The first-order chi connectivity index (χ1) is 7.65. The molecule has 1 atom stereocenters. The molecule has 16 heavy (non-hydrogen) atoms. The zero-order valence-corrected chi connectivity index (χ0v) is 11.1. The van der Waals surface area contributed by atoms with E-state index >= 15 is 0 Å². The van der Waals surface area contributed by atoms with Crippen LogP contribution in [-0.2, 0) is 9.53 Å². The molecule has 0 spiro atoms. The zero-order valence-electron chi connectivity index (χ0n) is 11.1. The second kappa shape index (κ2) is 9.60. The van der Waals surface area contributed by atoms with E-state index in [2.05, 4.69) is 24.3 Å². The van der Waals surface area contributed by atoms with Crippen LogP contribution >= 0.6 is 0 Å². The van der Waals surface area contributed by atoms with Gasteiger partial charge in [0.1, 0.15) is 0 Å². The maximum absolute atomic E-state index is 11.5. The van der Waals surface area contributed by atoms with Crippen molar-refractivity contribution in [1.29, 1.82) is 0 Å². The van der Waals surface area contributed by atoms with Crippen LogP contribution in [0.2, 0.25) is 0 Å². The van der Waals surface area contributed by atoms with Crippen LogP contribution in [-0.4, -0.2) is 37.2 Å². The number of hydrogen-bond acceptors (Lipinski definition) is 4. The molecular formula is C12H26N2O2. The summed E-state index contributed by atoms with van der Waals surface area (Å²) in [4.78, 5) is 11.5. The quantitative estimate of drug-likeness (QED) is 0.484. The number of carbonyl (C=O) groups is 1. The normalized spacial score (nSPS) is 12.8. The summed E-state index contributed by atoms with van der Waals surface area (Å²) in [6.07, 6.45) is 2.17. The summed E-state index contributed by atoms with van der Waals surface area (Å²) < 4.78 is 4.99. The van der Waals surface area contributed by atoms with Crippen LogP contribution in [0.4, 0.5) is 0 Å². The number of hydrogen-bond donors (Lipinski definition) is 1. The van der Waals surface area contributed by atoms with Crippen LogP contribution in [0.25, 0.3) is 0 Å². The Labute approximate surface area is 99.3 Å². The Bertz CT molecular complexity index is 186. The number of hydrazine groups is 1. The van der Waals surface area contributed by atoms with E-state index in [4.69, 9.17) is 4.74 Å². The van der Waals surface area contributed by atoms with Crippen molar-refractivity contribution in [2.24, 2.45) is 5.92 Å². The van der Waals surface area contributed by atoms with Crippen LogP contribution in [0.3, 0.4) is 0 Å². The molecule has 0 heterocycles. The van der Waals surface area contributed by atoms with Crippen molar-refractivity contribution in [1.82, 2.24) is 10.4 Å². The van der Waals surface area contributed by atoms with E-state index in [0.717, 1.165) is 25.9 Å². The lowest BCUT2D eigenvalue weighted by molar-refractivity contribution is -0.148. The molecule has 0 radical (unpaired) electrons. The number of nitrogens with zero attached hydrogens (tertiary/aromatic N) is 1. The van der Waals surface area contributed by atoms with Gasteiger partial charge in [0.05, 0.1) is 12.5 Å². The maximum Gasteiger partial charge on any atom is 0.309 e. The van der Waals surface area contributed by atoms with E-state index in [1.807, 2.05) is 13.8 Å². The fraction of sp³-hybridized carbons (Fsp3) is 0.917. The summed E-state index contributed by atoms with van der Waals surface area (Å²) in [5.74, 6) is -0.183. The number of ether oxygens (including phenoxy) is 1. The van der Waals surface area contributed by atoms with Crippen LogP contribution in [0, 0.1) is 5.92 Å². The van der Waals surface area contributed by atoms with Crippen LogP contribution in [0.15, 0.2) is 0 Å². The molecule has 0 bridgehead atoms. The van der Waals surface area contributed by atoms with E-state index in [-0.39, 0.29) is 11.9 Å². The Hall–Kier alpha value is -0.610. The van der Waals surface area contributed by atoms with Crippen molar-refractivity contribution in [2.45, 2.75) is 40.5 Å². The lowest BCUT2D eigenvalue weighted by Gasteiger charge is -2.25. The predicted octanol–water partition coefficient (Wildman–Crippen LogP) is 1.81. The van der Waals surface area contributed by atoms with Gasteiger partial charge in [-0.15, -0.1) is 0 Å². The smallest absolute Gasteiger partial charge is 0.309 e. The summed E-state index contributed by atoms with van der Waals surface area (Å²) in [6.45, 7) is 11.1. The van der Waals surface area contributed by atoms with Crippen LogP contribution in [0.1, 0.15) is 40.5 Å². The van der Waals surface area contributed by atoms with Gasteiger partial charge in [-0.3, -0.25) is 10.2 Å². The monoisotopic (exact) mass is 230 g/mol. The molecule has 4 nitrogen and oxygen atoms in total. The van der Waals surface area contributed by atoms with Gasteiger partial charge in [0.2, 0.25) is 0 Å².